The maximum Gasteiger partial charge on any atom is 0.263 e. The molecule has 0 fully saturated rings. The maximum absolute atomic E-state index is 12.1. The molecule has 8 heteroatoms. The van der Waals surface area contributed by atoms with Crippen LogP contribution < -0.4 is 4.72 Å². The number of hydrogen-bond acceptors (Lipinski definition) is 3. The highest BCUT2D eigenvalue weighted by Crippen LogP contribution is 2.27. The number of hydrogen-bond donors (Lipinski definition) is 1. The van der Waals surface area contributed by atoms with Crippen LogP contribution in [-0.2, 0) is 10.0 Å². The van der Waals surface area contributed by atoms with Gasteiger partial charge in [-0.1, -0.05) is 39.1 Å². The molecular formula is C11H7BrCl2N2O2S. The van der Waals surface area contributed by atoms with E-state index in [1.165, 1.54) is 18.3 Å². The van der Waals surface area contributed by atoms with Gasteiger partial charge in [0.2, 0.25) is 0 Å². The number of sulfonamides is 1. The second kappa shape index (κ2) is 5.66. The number of anilines is 1. The molecule has 1 N–H and O–H groups in total. The Hall–Kier alpha value is -0.820. The van der Waals surface area contributed by atoms with Gasteiger partial charge in [-0.25, -0.2) is 13.4 Å². The molecular weight excluding hydrogens is 375 g/mol. The van der Waals surface area contributed by atoms with E-state index in [4.69, 9.17) is 23.2 Å². The van der Waals surface area contributed by atoms with Crippen molar-refractivity contribution in [2.75, 3.05) is 4.72 Å². The fraction of sp³-hybridized carbons (Fsp3) is 0. The Morgan fingerprint density at radius 1 is 1.16 bits per heavy atom. The molecule has 0 aliphatic rings. The van der Waals surface area contributed by atoms with Crippen molar-refractivity contribution in [3.05, 3.63) is 51.2 Å². The predicted molar refractivity (Wildman–Crippen MR) is 79.2 cm³/mol. The highest BCUT2D eigenvalue weighted by molar-refractivity contribution is 9.10. The Labute approximate surface area is 128 Å². The van der Waals surface area contributed by atoms with Crippen molar-refractivity contribution in [1.82, 2.24) is 4.98 Å². The van der Waals surface area contributed by atoms with Crippen molar-refractivity contribution in [3.8, 4) is 0 Å². The lowest BCUT2D eigenvalue weighted by Crippen LogP contribution is -2.13. The maximum atomic E-state index is 12.1. The first-order chi connectivity index (χ1) is 8.88. The van der Waals surface area contributed by atoms with Crippen molar-refractivity contribution >= 4 is 54.8 Å². The molecule has 19 heavy (non-hydrogen) atoms. The van der Waals surface area contributed by atoms with E-state index in [9.17, 15) is 8.42 Å². The summed E-state index contributed by atoms with van der Waals surface area (Å²) in [5.74, 6) is 0. The topological polar surface area (TPSA) is 59.1 Å². The van der Waals surface area contributed by atoms with Crippen LogP contribution in [0.2, 0.25) is 10.2 Å². The minimum absolute atomic E-state index is 0.00735. The summed E-state index contributed by atoms with van der Waals surface area (Å²) >= 11 is 14.8. The molecule has 0 atom stereocenters. The van der Waals surface area contributed by atoms with Crippen LogP contribution in [0, 0.1) is 0 Å². The molecule has 1 aromatic heterocycles. The number of pyridine rings is 1. The van der Waals surface area contributed by atoms with Crippen LogP contribution in [0.1, 0.15) is 0 Å². The molecule has 0 spiro atoms. The van der Waals surface area contributed by atoms with Gasteiger partial charge < -0.3 is 0 Å². The molecule has 100 valence electrons. The smallest absolute Gasteiger partial charge is 0.263 e. The molecule has 0 aliphatic heterocycles. The van der Waals surface area contributed by atoms with Crippen molar-refractivity contribution in [2.24, 2.45) is 0 Å². The molecule has 4 nitrogen and oxygen atoms in total. The summed E-state index contributed by atoms with van der Waals surface area (Å²) in [6, 6.07) is 7.64. The van der Waals surface area contributed by atoms with Crippen molar-refractivity contribution in [2.45, 2.75) is 4.90 Å². The summed E-state index contributed by atoms with van der Waals surface area (Å²) in [6.07, 6.45) is 1.18. The first-order valence-electron chi connectivity index (χ1n) is 4.98. The van der Waals surface area contributed by atoms with Crippen molar-refractivity contribution < 1.29 is 8.42 Å². The van der Waals surface area contributed by atoms with Crippen LogP contribution in [0.4, 0.5) is 5.69 Å². The predicted octanol–water partition coefficient (Wildman–Crippen LogP) is 3.95. The molecule has 0 amide bonds. The summed E-state index contributed by atoms with van der Waals surface area (Å²) in [7, 11) is -3.75. The number of halogens is 3. The van der Waals surface area contributed by atoms with Crippen molar-refractivity contribution in [3.63, 3.8) is 0 Å². The van der Waals surface area contributed by atoms with Gasteiger partial charge in [-0.15, -0.1) is 0 Å². The third-order valence-electron chi connectivity index (χ3n) is 2.18. The number of nitrogens with zero attached hydrogens (tertiary/aromatic N) is 1. The minimum atomic E-state index is -3.75. The Morgan fingerprint density at radius 3 is 2.53 bits per heavy atom. The highest BCUT2D eigenvalue weighted by atomic mass is 79.9. The Balaban J connectivity index is 2.36. The van der Waals surface area contributed by atoms with Gasteiger partial charge in [0.15, 0.2) is 0 Å². The van der Waals surface area contributed by atoms with Crippen LogP contribution in [0.25, 0.3) is 0 Å². The first kappa shape index (κ1) is 14.6. The van der Waals surface area contributed by atoms with Gasteiger partial charge in [0.25, 0.3) is 10.0 Å². The molecule has 2 rings (SSSR count). The summed E-state index contributed by atoms with van der Waals surface area (Å²) in [5, 5.41) is 0.521. The monoisotopic (exact) mass is 380 g/mol. The average Bonchev–Trinajstić information content (AvgIpc) is 2.34. The van der Waals surface area contributed by atoms with Gasteiger partial charge >= 0.3 is 0 Å². The van der Waals surface area contributed by atoms with Crippen LogP contribution in [0.5, 0.6) is 0 Å². The van der Waals surface area contributed by atoms with E-state index >= 15 is 0 Å². The zero-order valence-corrected chi connectivity index (χ0v) is 13.2. The van der Waals surface area contributed by atoms with Crippen LogP contribution in [0.15, 0.2) is 45.9 Å². The number of benzene rings is 1. The van der Waals surface area contributed by atoms with Gasteiger partial charge in [0.05, 0.1) is 10.7 Å². The quantitative estimate of drug-likeness (QED) is 0.818. The Kier molecular flexibility index (Phi) is 4.35. The number of rotatable bonds is 3. The fourth-order valence-electron chi connectivity index (χ4n) is 1.30. The van der Waals surface area contributed by atoms with E-state index in [0.717, 1.165) is 0 Å². The molecule has 1 aromatic carbocycles. The van der Waals surface area contributed by atoms with Crippen molar-refractivity contribution in [1.29, 1.82) is 0 Å². The van der Waals surface area contributed by atoms with Crippen LogP contribution in [-0.4, -0.2) is 13.4 Å². The van der Waals surface area contributed by atoms with Gasteiger partial charge in [0.1, 0.15) is 10.0 Å². The molecule has 2 aromatic rings. The largest absolute Gasteiger partial charge is 0.278 e. The lowest BCUT2D eigenvalue weighted by molar-refractivity contribution is 0.601. The summed E-state index contributed by atoms with van der Waals surface area (Å²) in [6.45, 7) is 0. The highest BCUT2D eigenvalue weighted by Gasteiger charge is 2.16. The Morgan fingerprint density at radius 2 is 1.89 bits per heavy atom. The standard InChI is InChI=1S/C11H7BrCl2N2O2S/c12-7-1-3-9(13)10(5-7)16-19(17,18)8-2-4-11(14)15-6-8/h1-6,16H. The van der Waals surface area contributed by atoms with E-state index in [1.807, 2.05) is 0 Å². The molecule has 0 saturated heterocycles. The van der Waals surface area contributed by atoms with E-state index < -0.39 is 10.0 Å². The van der Waals surface area contributed by atoms with Gasteiger partial charge in [-0.3, -0.25) is 4.72 Å². The number of nitrogens with one attached hydrogen (secondary N) is 1. The van der Waals surface area contributed by atoms with E-state index in [2.05, 4.69) is 25.6 Å². The average molecular weight is 382 g/mol. The third kappa shape index (κ3) is 3.60. The van der Waals surface area contributed by atoms with E-state index in [0.29, 0.717) is 9.50 Å². The summed E-state index contributed by atoms with van der Waals surface area (Å²) in [4.78, 5) is 3.74. The second-order valence-electron chi connectivity index (χ2n) is 3.55. The zero-order chi connectivity index (χ0) is 14.0. The van der Waals surface area contributed by atoms with E-state index in [-0.39, 0.29) is 15.7 Å². The molecule has 0 saturated carbocycles. The second-order valence-corrected chi connectivity index (χ2v) is 6.94. The molecule has 0 unspecified atom stereocenters. The summed E-state index contributed by atoms with van der Waals surface area (Å²) in [5.41, 5.74) is 0.283. The molecule has 0 radical (unpaired) electrons. The van der Waals surface area contributed by atoms with Crippen LogP contribution >= 0.6 is 39.1 Å². The first-order valence-corrected chi connectivity index (χ1v) is 8.01. The van der Waals surface area contributed by atoms with Gasteiger partial charge in [-0.05, 0) is 30.3 Å². The zero-order valence-electron chi connectivity index (χ0n) is 9.27. The summed E-state index contributed by atoms with van der Waals surface area (Å²) < 4.78 is 27.3. The van der Waals surface area contributed by atoms with Gasteiger partial charge in [-0.2, -0.15) is 0 Å². The lowest BCUT2D eigenvalue weighted by atomic mass is 10.3. The van der Waals surface area contributed by atoms with Crippen LogP contribution in [0.3, 0.4) is 0 Å². The molecule has 0 aliphatic carbocycles. The molecule has 0 bridgehead atoms. The normalized spacial score (nSPS) is 11.3. The fourth-order valence-corrected chi connectivity index (χ4v) is 3.01. The third-order valence-corrected chi connectivity index (χ3v) is 4.58. The minimum Gasteiger partial charge on any atom is -0.278 e. The lowest BCUT2D eigenvalue weighted by Gasteiger charge is -2.09. The SMILES string of the molecule is O=S(=O)(Nc1cc(Br)ccc1Cl)c1ccc(Cl)nc1. The molecule has 1 heterocycles. The Bertz CT molecular complexity index is 705. The van der Waals surface area contributed by atoms with E-state index in [1.54, 1.807) is 18.2 Å². The van der Waals surface area contributed by atoms with Gasteiger partial charge in [0, 0.05) is 10.7 Å². The number of aromatic nitrogens is 1.